The molecule has 0 radical (unpaired) electrons. The highest BCUT2D eigenvalue weighted by molar-refractivity contribution is 6.00. The monoisotopic (exact) mass is 384 g/mol. The van der Waals surface area contributed by atoms with E-state index < -0.39 is 16.7 Å². The lowest BCUT2D eigenvalue weighted by Gasteiger charge is -2.10. The average molecular weight is 384 g/mol. The quantitative estimate of drug-likeness (QED) is 0.530. The number of hydrazine groups is 1. The molecular weight excluding hydrogens is 368 g/mol. The minimum atomic E-state index is -0.671. The van der Waals surface area contributed by atoms with Gasteiger partial charge >= 0.3 is 0 Å². The molecule has 1 aliphatic heterocycles. The Morgan fingerprint density at radius 3 is 2.29 bits per heavy atom. The van der Waals surface area contributed by atoms with E-state index in [4.69, 9.17) is 9.47 Å². The largest absolute Gasteiger partial charge is 0.454 e. The average Bonchev–Trinajstić information content (AvgIpc) is 3.38. The number of hydrogen-bond acceptors (Lipinski definition) is 7. The van der Waals surface area contributed by atoms with Gasteiger partial charge in [0, 0.05) is 23.2 Å². The van der Waals surface area contributed by atoms with Crippen molar-refractivity contribution < 1.29 is 24.0 Å². The van der Waals surface area contributed by atoms with Gasteiger partial charge < -0.3 is 14.8 Å². The summed E-state index contributed by atoms with van der Waals surface area (Å²) in [7, 11) is 0. The summed E-state index contributed by atoms with van der Waals surface area (Å²) in [5.74, 6) is -0.260. The number of nitro groups is 1. The molecule has 0 unspecified atom stereocenters. The third-order valence-corrected chi connectivity index (χ3v) is 4.32. The number of carbonyl (C=O) groups excluding carboxylic acids is 2. The summed E-state index contributed by atoms with van der Waals surface area (Å²) in [6.07, 6.45) is 1.93. The highest BCUT2D eigenvalue weighted by Gasteiger charge is 2.25. The molecule has 1 fully saturated rings. The van der Waals surface area contributed by atoms with E-state index >= 15 is 0 Å². The van der Waals surface area contributed by atoms with Crippen LogP contribution in [0.3, 0.4) is 0 Å². The van der Waals surface area contributed by atoms with Crippen molar-refractivity contribution in [2.24, 2.45) is 0 Å². The summed E-state index contributed by atoms with van der Waals surface area (Å²) >= 11 is 0. The molecule has 0 spiro atoms. The Hall–Kier alpha value is -3.82. The molecule has 2 aromatic rings. The Morgan fingerprint density at radius 1 is 0.964 bits per heavy atom. The minimum Gasteiger partial charge on any atom is -0.454 e. The third-order valence-electron chi connectivity index (χ3n) is 4.32. The number of rotatable bonds is 5. The SMILES string of the molecule is O=C(NNC(=O)c1ccc(NC2CC2)c([N+](=O)[O-])c1)c1ccc2c(c1)OCO2. The van der Waals surface area contributed by atoms with Gasteiger partial charge in [-0.25, -0.2) is 0 Å². The number of ether oxygens (including phenoxy) is 2. The first kappa shape index (κ1) is 17.6. The first-order valence-corrected chi connectivity index (χ1v) is 8.56. The first-order chi connectivity index (χ1) is 13.5. The number of anilines is 1. The van der Waals surface area contributed by atoms with E-state index in [1.54, 1.807) is 6.07 Å². The molecule has 1 aliphatic carbocycles. The molecule has 28 heavy (non-hydrogen) atoms. The smallest absolute Gasteiger partial charge is 0.293 e. The van der Waals surface area contributed by atoms with E-state index in [9.17, 15) is 19.7 Å². The van der Waals surface area contributed by atoms with Crippen LogP contribution in [0.4, 0.5) is 11.4 Å². The Morgan fingerprint density at radius 2 is 1.61 bits per heavy atom. The second kappa shape index (κ2) is 7.06. The molecule has 144 valence electrons. The van der Waals surface area contributed by atoms with E-state index in [0.29, 0.717) is 17.2 Å². The highest BCUT2D eigenvalue weighted by atomic mass is 16.7. The molecule has 0 aromatic heterocycles. The molecule has 0 bridgehead atoms. The van der Waals surface area contributed by atoms with Gasteiger partial charge in [-0.15, -0.1) is 0 Å². The molecule has 10 nitrogen and oxygen atoms in total. The van der Waals surface area contributed by atoms with Crippen molar-refractivity contribution in [1.29, 1.82) is 0 Å². The summed E-state index contributed by atoms with van der Waals surface area (Å²) in [4.78, 5) is 35.2. The number of amides is 2. The Balaban J connectivity index is 1.42. The highest BCUT2D eigenvalue weighted by Crippen LogP contribution is 2.33. The Kier molecular flexibility index (Phi) is 4.44. The van der Waals surface area contributed by atoms with Gasteiger partial charge in [-0.05, 0) is 43.2 Å². The van der Waals surface area contributed by atoms with Crippen LogP contribution in [0.5, 0.6) is 11.5 Å². The van der Waals surface area contributed by atoms with Crippen LogP contribution in [0.25, 0.3) is 0 Å². The fourth-order valence-electron chi connectivity index (χ4n) is 2.69. The summed E-state index contributed by atoms with van der Waals surface area (Å²) in [6.45, 7) is 0.0848. The second-order valence-corrected chi connectivity index (χ2v) is 6.38. The molecule has 2 amide bonds. The normalized spacial score (nSPS) is 14.3. The number of fused-ring (bicyclic) bond motifs is 1. The van der Waals surface area contributed by atoms with Crippen molar-refractivity contribution in [2.75, 3.05) is 12.1 Å². The number of nitrogens with zero attached hydrogens (tertiary/aromatic N) is 1. The van der Waals surface area contributed by atoms with Crippen LogP contribution in [0.2, 0.25) is 0 Å². The number of nitrogens with one attached hydrogen (secondary N) is 3. The van der Waals surface area contributed by atoms with Gasteiger partial charge in [0.2, 0.25) is 6.79 Å². The molecule has 10 heteroatoms. The van der Waals surface area contributed by atoms with Crippen LogP contribution >= 0.6 is 0 Å². The zero-order chi connectivity index (χ0) is 19.7. The fourth-order valence-corrected chi connectivity index (χ4v) is 2.69. The summed E-state index contributed by atoms with van der Waals surface area (Å²) < 4.78 is 10.4. The van der Waals surface area contributed by atoms with Gasteiger partial charge in [0.25, 0.3) is 17.5 Å². The van der Waals surface area contributed by atoms with Gasteiger partial charge in [-0.2, -0.15) is 0 Å². The molecule has 0 saturated heterocycles. The standard InChI is InChI=1S/C18H16N4O6/c23-17(10-1-5-13(19-12-3-4-12)14(7-10)22(25)26)20-21-18(24)11-2-6-15-16(8-11)28-9-27-15/h1-2,5-8,12,19H,3-4,9H2,(H,20,23)(H,21,24). The van der Waals surface area contributed by atoms with E-state index in [1.165, 1.54) is 30.3 Å². The number of carbonyl (C=O) groups is 2. The molecule has 2 aromatic carbocycles. The third kappa shape index (κ3) is 3.65. The lowest BCUT2D eigenvalue weighted by molar-refractivity contribution is -0.384. The van der Waals surface area contributed by atoms with E-state index in [0.717, 1.165) is 12.8 Å². The summed E-state index contributed by atoms with van der Waals surface area (Å²) in [6, 6.07) is 8.97. The van der Waals surface area contributed by atoms with E-state index in [-0.39, 0.29) is 29.6 Å². The van der Waals surface area contributed by atoms with Gasteiger partial charge in [0.15, 0.2) is 11.5 Å². The van der Waals surface area contributed by atoms with Crippen molar-refractivity contribution in [3.63, 3.8) is 0 Å². The van der Waals surface area contributed by atoms with E-state index in [2.05, 4.69) is 16.2 Å². The molecule has 3 N–H and O–H groups in total. The molecular formula is C18H16N4O6. The minimum absolute atomic E-state index is 0.0547. The topological polar surface area (TPSA) is 132 Å². The molecule has 0 atom stereocenters. The first-order valence-electron chi connectivity index (χ1n) is 8.56. The predicted molar refractivity (Wildman–Crippen MR) is 97.2 cm³/mol. The van der Waals surface area contributed by atoms with Crippen molar-refractivity contribution in [2.45, 2.75) is 18.9 Å². The van der Waals surface area contributed by atoms with E-state index in [1.807, 2.05) is 0 Å². The zero-order valence-corrected chi connectivity index (χ0v) is 14.6. The van der Waals surface area contributed by atoms with Gasteiger partial charge in [-0.3, -0.25) is 30.6 Å². The predicted octanol–water partition coefficient (Wildman–Crippen LogP) is 1.97. The maximum atomic E-state index is 12.3. The van der Waals surface area contributed by atoms with Gasteiger partial charge in [0.1, 0.15) is 5.69 Å². The number of hydrogen-bond donors (Lipinski definition) is 3. The maximum Gasteiger partial charge on any atom is 0.293 e. The fraction of sp³-hybridized carbons (Fsp3) is 0.222. The van der Waals surface area contributed by atoms with Crippen LogP contribution < -0.4 is 25.6 Å². The van der Waals surface area contributed by atoms with Gasteiger partial charge in [0.05, 0.1) is 4.92 Å². The van der Waals surface area contributed by atoms with Crippen LogP contribution in [0.1, 0.15) is 33.6 Å². The lowest BCUT2D eigenvalue weighted by Crippen LogP contribution is -2.41. The molecule has 2 aliphatic rings. The van der Waals surface area contributed by atoms with Crippen LogP contribution in [0, 0.1) is 10.1 Å². The maximum absolute atomic E-state index is 12.3. The molecule has 1 heterocycles. The molecule has 4 rings (SSSR count). The van der Waals surface area contributed by atoms with Crippen LogP contribution in [-0.4, -0.2) is 29.6 Å². The summed E-state index contributed by atoms with van der Waals surface area (Å²) in [5, 5.41) is 14.3. The van der Waals surface area contributed by atoms with Gasteiger partial charge in [-0.1, -0.05) is 0 Å². The summed E-state index contributed by atoms with van der Waals surface area (Å²) in [5.41, 5.74) is 5.02. The molecule has 1 saturated carbocycles. The number of nitro benzene ring substituents is 1. The van der Waals surface area contributed by atoms with Crippen molar-refractivity contribution in [3.8, 4) is 11.5 Å². The Labute approximate surface area is 158 Å². The van der Waals surface area contributed by atoms with Crippen LogP contribution in [-0.2, 0) is 0 Å². The second-order valence-electron chi connectivity index (χ2n) is 6.38. The van der Waals surface area contributed by atoms with Crippen molar-refractivity contribution >= 4 is 23.2 Å². The number of benzene rings is 2. The lowest BCUT2D eigenvalue weighted by atomic mass is 10.1. The zero-order valence-electron chi connectivity index (χ0n) is 14.6. The van der Waals surface area contributed by atoms with Crippen molar-refractivity contribution in [3.05, 3.63) is 57.6 Å². The van der Waals surface area contributed by atoms with Crippen LogP contribution in [0.15, 0.2) is 36.4 Å². The van der Waals surface area contributed by atoms with Crippen molar-refractivity contribution in [1.82, 2.24) is 10.9 Å². The Bertz CT molecular complexity index is 973.